The van der Waals surface area contributed by atoms with E-state index in [1.54, 1.807) is 0 Å². The summed E-state index contributed by atoms with van der Waals surface area (Å²) < 4.78 is 0. The number of hydrogen-bond donors (Lipinski definition) is 0. The first kappa shape index (κ1) is 11.9. The van der Waals surface area contributed by atoms with Crippen molar-refractivity contribution < 1.29 is 0 Å². The zero-order valence-electron chi connectivity index (χ0n) is 9.92. The van der Waals surface area contributed by atoms with Gasteiger partial charge in [-0.3, -0.25) is 0 Å². The second kappa shape index (κ2) is 5.67. The van der Waals surface area contributed by atoms with Gasteiger partial charge in [0.05, 0.1) is 0 Å². The van der Waals surface area contributed by atoms with E-state index in [1.807, 2.05) is 0 Å². The molecule has 2 fully saturated rings. The van der Waals surface area contributed by atoms with Crippen LogP contribution in [0.25, 0.3) is 0 Å². The molecule has 0 bridgehead atoms. The average Bonchev–Trinajstić information content (AvgIpc) is 2.25. The summed E-state index contributed by atoms with van der Waals surface area (Å²) in [6.07, 6.45) is 8.61. The van der Waals surface area contributed by atoms with E-state index in [0.29, 0.717) is 0 Å². The summed E-state index contributed by atoms with van der Waals surface area (Å²) in [5.41, 5.74) is 0. The maximum atomic E-state index is 3.72. The van der Waals surface area contributed by atoms with Crippen LogP contribution in [0.4, 0.5) is 0 Å². The Kier molecular flexibility index (Phi) is 4.51. The fraction of sp³-hybridized carbons (Fsp3) is 1.00. The lowest BCUT2D eigenvalue weighted by Crippen LogP contribution is -2.38. The van der Waals surface area contributed by atoms with Gasteiger partial charge in [0.25, 0.3) is 0 Å². The quantitative estimate of drug-likeness (QED) is 0.694. The zero-order chi connectivity index (χ0) is 10.7. The van der Waals surface area contributed by atoms with Gasteiger partial charge in [-0.2, -0.15) is 0 Å². The molecule has 0 aromatic carbocycles. The molecule has 1 saturated carbocycles. The molecule has 15 heavy (non-hydrogen) atoms. The number of piperidine rings is 1. The van der Waals surface area contributed by atoms with Crippen LogP contribution in [0, 0.1) is 11.8 Å². The molecule has 0 radical (unpaired) electrons. The van der Waals surface area contributed by atoms with Gasteiger partial charge in [-0.25, -0.2) is 0 Å². The fourth-order valence-corrected chi connectivity index (χ4v) is 3.37. The molecule has 1 aliphatic heterocycles. The molecular formula is C13H24BrN. The Labute approximate surface area is 103 Å². The van der Waals surface area contributed by atoms with Gasteiger partial charge in [0, 0.05) is 11.4 Å². The van der Waals surface area contributed by atoms with Crippen LogP contribution < -0.4 is 0 Å². The number of hydrogen-bond acceptors (Lipinski definition) is 1. The van der Waals surface area contributed by atoms with Gasteiger partial charge in [-0.05, 0) is 50.6 Å². The lowest BCUT2D eigenvalue weighted by atomic mass is 9.82. The lowest BCUT2D eigenvalue weighted by molar-refractivity contribution is 0.165. The van der Waals surface area contributed by atoms with Crippen molar-refractivity contribution in [1.29, 1.82) is 0 Å². The Bertz CT molecular complexity index is 159. The van der Waals surface area contributed by atoms with Crippen molar-refractivity contribution in [3.8, 4) is 0 Å². The summed E-state index contributed by atoms with van der Waals surface area (Å²) in [6.45, 7) is 6.43. The predicted octanol–water partition coefficient (Wildman–Crippen LogP) is 3.67. The molecule has 0 aromatic heterocycles. The molecule has 0 spiro atoms. The van der Waals surface area contributed by atoms with Crippen LogP contribution in [-0.2, 0) is 0 Å². The van der Waals surface area contributed by atoms with Crippen LogP contribution in [0.1, 0.15) is 45.4 Å². The maximum absolute atomic E-state index is 3.72. The third-order valence-electron chi connectivity index (χ3n) is 4.17. The number of halogens is 1. The molecule has 1 aliphatic carbocycles. The molecule has 0 N–H and O–H groups in total. The minimum Gasteiger partial charge on any atom is -0.303 e. The van der Waals surface area contributed by atoms with Crippen LogP contribution >= 0.6 is 15.9 Å². The lowest BCUT2D eigenvalue weighted by Gasteiger charge is -2.34. The molecule has 1 saturated heterocycles. The maximum Gasteiger partial charge on any atom is 0.0170 e. The molecule has 1 heterocycles. The van der Waals surface area contributed by atoms with Crippen LogP contribution in [0.5, 0.6) is 0 Å². The summed E-state index contributed by atoms with van der Waals surface area (Å²) in [5, 5.41) is 0. The molecule has 0 unspecified atom stereocenters. The predicted molar refractivity (Wildman–Crippen MR) is 69.5 cm³/mol. The second-order valence-electron chi connectivity index (χ2n) is 5.60. The molecule has 2 heteroatoms. The summed E-state index contributed by atoms with van der Waals surface area (Å²) in [7, 11) is 0. The molecule has 1 nitrogen and oxygen atoms in total. The largest absolute Gasteiger partial charge is 0.303 e. The third-order valence-corrected chi connectivity index (χ3v) is 5.08. The van der Waals surface area contributed by atoms with Crippen molar-refractivity contribution >= 4 is 15.9 Å². The molecule has 88 valence electrons. The Hall–Kier alpha value is 0.440. The van der Waals surface area contributed by atoms with Gasteiger partial charge in [-0.1, -0.05) is 35.7 Å². The minimum absolute atomic E-state index is 0.792. The first-order chi connectivity index (χ1) is 7.24. The van der Waals surface area contributed by atoms with Crippen LogP contribution in [-0.4, -0.2) is 29.4 Å². The average molecular weight is 274 g/mol. The monoisotopic (exact) mass is 273 g/mol. The van der Waals surface area contributed by atoms with Crippen molar-refractivity contribution in [1.82, 2.24) is 4.90 Å². The highest BCUT2D eigenvalue weighted by Gasteiger charge is 2.23. The summed E-state index contributed by atoms with van der Waals surface area (Å²) in [4.78, 5) is 3.48. The molecule has 2 rings (SSSR count). The van der Waals surface area contributed by atoms with Gasteiger partial charge < -0.3 is 4.90 Å². The standard InChI is InChI=1S/C13H24BrN/c1-11-2-4-12(5-3-11)10-15-8-6-13(14)7-9-15/h11-13H,2-10H2,1H3. The molecule has 0 aromatic rings. The SMILES string of the molecule is CC1CCC(CN2CCC(Br)CC2)CC1. The van der Waals surface area contributed by atoms with Gasteiger partial charge in [0.15, 0.2) is 0 Å². The van der Waals surface area contributed by atoms with Crippen molar-refractivity contribution in [2.45, 2.75) is 50.3 Å². The van der Waals surface area contributed by atoms with Gasteiger partial charge >= 0.3 is 0 Å². The van der Waals surface area contributed by atoms with E-state index in [9.17, 15) is 0 Å². The van der Waals surface area contributed by atoms with E-state index in [4.69, 9.17) is 0 Å². The van der Waals surface area contributed by atoms with E-state index in [-0.39, 0.29) is 0 Å². The number of rotatable bonds is 2. The summed E-state index contributed by atoms with van der Waals surface area (Å²) in [6, 6.07) is 0. The number of nitrogens with zero attached hydrogens (tertiary/aromatic N) is 1. The van der Waals surface area contributed by atoms with Crippen molar-refractivity contribution in [3.05, 3.63) is 0 Å². The summed E-state index contributed by atoms with van der Waals surface area (Å²) in [5.74, 6) is 2.00. The number of alkyl halides is 1. The smallest absolute Gasteiger partial charge is 0.0170 e. The Morgan fingerprint density at radius 2 is 1.60 bits per heavy atom. The highest BCUT2D eigenvalue weighted by molar-refractivity contribution is 9.09. The van der Waals surface area contributed by atoms with E-state index < -0.39 is 0 Å². The first-order valence-electron chi connectivity index (χ1n) is 6.60. The number of likely N-dealkylation sites (tertiary alicyclic amines) is 1. The van der Waals surface area contributed by atoms with Crippen molar-refractivity contribution in [3.63, 3.8) is 0 Å². The summed E-state index contributed by atoms with van der Waals surface area (Å²) >= 11 is 3.72. The molecule has 0 atom stereocenters. The Balaban J connectivity index is 1.68. The van der Waals surface area contributed by atoms with Crippen LogP contribution in [0.15, 0.2) is 0 Å². The highest BCUT2D eigenvalue weighted by Crippen LogP contribution is 2.29. The zero-order valence-corrected chi connectivity index (χ0v) is 11.5. The normalized spacial score (nSPS) is 35.6. The highest BCUT2D eigenvalue weighted by atomic mass is 79.9. The van der Waals surface area contributed by atoms with E-state index in [1.165, 1.54) is 58.2 Å². The van der Waals surface area contributed by atoms with Gasteiger partial charge in [0.2, 0.25) is 0 Å². The van der Waals surface area contributed by atoms with E-state index in [2.05, 4.69) is 27.8 Å². The second-order valence-corrected chi connectivity index (χ2v) is 6.90. The minimum atomic E-state index is 0.792. The van der Waals surface area contributed by atoms with Crippen molar-refractivity contribution in [2.24, 2.45) is 11.8 Å². The van der Waals surface area contributed by atoms with Gasteiger partial charge in [0.1, 0.15) is 0 Å². The topological polar surface area (TPSA) is 3.24 Å². The van der Waals surface area contributed by atoms with E-state index >= 15 is 0 Å². The van der Waals surface area contributed by atoms with Crippen LogP contribution in [0.3, 0.4) is 0 Å². The molecule has 2 aliphatic rings. The third kappa shape index (κ3) is 3.74. The molecular weight excluding hydrogens is 250 g/mol. The first-order valence-corrected chi connectivity index (χ1v) is 7.52. The molecule has 0 amide bonds. The van der Waals surface area contributed by atoms with Crippen LogP contribution in [0.2, 0.25) is 0 Å². The van der Waals surface area contributed by atoms with E-state index in [0.717, 1.165) is 16.7 Å². The fourth-order valence-electron chi connectivity index (χ4n) is 2.96. The Morgan fingerprint density at radius 1 is 1.00 bits per heavy atom. The Morgan fingerprint density at radius 3 is 2.20 bits per heavy atom. The van der Waals surface area contributed by atoms with Gasteiger partial charge in [-0.15, -0.1) is 0 Å². The van der Waals surface area contributed by atoms with Crippen molar-refractivity contribution in [2.75, 3.05) is 19.6 Å².